The predicted octanol–water partition coefficient (Wildman–Crippen LogP) is -0.881. The van der Waals surface area contributed by atoms with Gasteiger partial charge in [-0.2, -0.15) is 0 Å². The molecular formula is C15H19Cl3N4O4S. The van der Waals surface area contributed by atoms with E-state index in [0.717, 1.165) is 0 Å². The predicted molar refractivity (Wildman–Crippen MR) is 100 cm³/mol. The van der Waals surface area contributed by atoms with Crippen LogP contribution in [0.15, 0.2) is 24.8 Å². The van der Waals surface area contributed by atoms with Crippen molar-refractivity contribution in [2.24, 2.45) is 7.05 Å². The van der Waals surface area contributed by atoms with Crippen LogP contribution in [0, 0.1) is 0 Å². The maximum absolute atomic E-state index is 12.2. The number of phenolic OH excluding ortho intramolecular Hbond substituents is 1. The molecule has 0 radical (unpaired) electrons. The number of anilines is 2. The maximum atomic E-state index is 12.2. The van der Waals surface area contributed by atoms with E-state index in [4.69, 9.17) is 23.2 Å². The molecule has 27 heavy (non-hydrogen) atoms. The first-order valence-corrected chi connectivity index (χ1v) is 10.00. The summed E-state index contributed by atoms with van der Waals surface area (Å²) in [5.41, 5.74) is -0.136. The van der Waals surface area contributed by atoms with E-state index in [0.29, 0.717) is 13.0 Å². The molecule has 1 aromatic carbocycles. The third-order valence-corrected chi connectivity index (χ3v) is 5.44. The molecule has 0 saturated heterocycles. The second-order valence-corrected chi connectivity index (χ2v) is 8.34. The molecule has 150 valence electrons. The highest BCUT2D eigenvalue weighted by atomic mass is 35.5. The Bertz CT molecular complexity index is 931. The van der Waals surface area contributed by atoms with Gasteiger partial charge in [-0.25, -0.2) is 17.6 Å². The van der Waals surface area contributed by atoms with Gasteiger partial charge in [0.25, 0.3) is 0 Å². The summed E-state index contributed by atoms with van der Waals surface area (Å²) in [4.78, 5) is 11.2. The number of imidazole rings is 1. The third kappa shape index (κ3) is 6.46. The fourth-order valence-electron chi connectivity index (χ4n) is 2.27. The van der Waals surface area contributed by atoms with E-state index < -0.39 is 21.7 Å². The van der Waals surface area contributed by atoms with Crippen LogP contribution in [0.25, 0.3) is 0 Å². The summed E-state index contributed by atoms with van der Waals surface area (Å²) >= 11 is 12.0. The first-order valence-electron chi connectivity index (χ1n) is 7.59. The number of nitrogens with one attached hydrogen (secondary N) is 2. The molecule has 0 fully saturated rings. The molecule has 0 aliphatic heterocycles. The van der Waals surface area contributed by atoms with Gasteiger partial charge in [-0.1, -0.05) is 23.2 Å². The van der Waals surface area contributed by atoms with Crippen molar-refractivity contribution >= 4 is 50.5 Å². The van der Waals surface area contributed by atoms with Gasteiger partial charge in [-0.05, 0) is 6.07 Å². The van der Waals surface area contributed by atoms with Crippen molar-refractivity contribution in [1.29, 1.82) is 0 Å². The summed E-state index contributed by atoms with van der Waals surface area (Å²) < 4.78 is 30.5. The van der Waals surface area contributed by atoms with E-state index >= 15 is 0 Å². The number of aromatic hydroxyl groups is 1. The number of phenols is 1. The molecule has 0 unspecified atom stereocenters. The Hall–Kier alpha value is -1.68. The second kappa shape index (κ2) is 9.50. The van der Waals surface area contributed by atoms with Gasteiger partial charge in [0, 0.05) is 13.3 Å². The Labute approximate surface area is 173 Å². The van der Waals surface area contributed by atoms with E-state index in [-0.39, 0.29) is 39.6 Å². The van der Waals surface area contributed by atoms with Crippen LogP contribution in [-0.4, -0.2) is 29.8 Å². The van der Waals surface area contributed by atoms with Gasteiger partial charge in [-0.15, -0.1) is 0 Å². The van der Waals surface area contributed by atoms with Crippen LogP contribution in [0.2, 0.25) is 10.0 Å². The molecule has 3 N–H and O–H groups in total. The molecule has 0 saturated carbocycles. The minimum Gasteiger partial charge on any atom is -1.00 e. The summed E-state index contributed by atoms with van der Waals surface area (Å²) in [5, 5.41) is 12.2. The number of carbonyl (C=O) groups excluding carboxylic acids is 1. The lowest BCUT2D eigenvalue weighted by Gasteiger charge is -2.14. The standard InChI is InChI=1S/C15H18Cl2N4O4S.ClH/c1-10(22)18-14-11(16)8-12(15(23)13(14)17)19-26(24,25)7-3-4-21-6-5-20(2)9-21;/h5-6,8-9,19H,3-4,7H2,1-2H3,(H-,18,22,23);1H. The van der Waals surface area contributed by atoms with E-state index in [9.17, 15) is 18.3 Å². The van der Waals surface area contributed by atoms with Crippen LogP contribution in [-0.2, 0) is 28.4 Å². The van der Waals surface area contributed by atoms with Crippen molar-refractivity contribution in [3.63, 3.8) is 0 Å². The van der Waals surface area contributed by atoms with Gasteiger partial charge in [0.05, 0.1) is 35.7 Å². The lowest BCUT2D eigenvalue weighted by Crippen LogP contribution is -3.00. The molecular weight excluding hydrogens is 439 g/mol. The molecule has 0 aliphatic carbocycles. The Morgan fingerprint density at radius 1 is 1.37 bits per heavy atom. The molecule has 2 aromatic rings. The molecule has 0 aliphatic rings. The van der Waals surface area contributed by atoms with Crippen LogP contribution >= 0.6 is 23.2 Å². The minimum absolute atomic E-state index is 0. The highest BCUT2D eigenvalue weighted by Gasteiger charge is 2.20. The molecule has 2 rings (SSSR count). The van der Waals surface area contributed by atoms with E-state index in [1.807, 2.05) is 34.9 Å². The van der Waals surface area contributed by atoms with Gasteiger partial charge in [0.15, 0.2) is 5.75 Å². The molecule has 0 bridgehead atoms. The molecule has 12 heteroatoms. The Morgan fingerprint density at radius 3 is 2.59 bits per heavy atom. The number of hydrogen-bond donors (Lipinski definition) is 3. The number of amides is 1. The van der Waals surface area contributed by atoms with E-state index in [1.165, 1.54) is 13.0 Å². The Balaban J connectivity index is 0.00000364. The first kappa shape index (κ1) is 23.4. The van der Waals surface area contributed by atoms with Gasteiger partial charge >= 0.3 is 0 Å². The zero-order valence-corrected chi connectivity index (χ0v) is 17.6. The van der Waals surface area contributed by atoms with Gasteiger partial charge in [0.2, 0.25) is 22.3 Å². The van der Waals surface area contributed by atoms with Crippen molar-refractivity contribution in [2.45, 2.75) is 19.9 Å². The van der Waals surface area contributed by atoms with Gasteiger partial charge in [0.1, 0.15) is 17.4 Å². The Morgan fingerprint density at radius 2 is 2.04 bits per heavy atom. The SMILES string of the molecule is CC(=O)Nc1c(Cl)cc(NS(=O)(=O)CCCn2cc[n+](C)c2)c(O)c1Cl.[Cl-]. The fourth-order valence-corrected chi connectivity index (χ4v) is 3.92. The summed E-state index contributed by atoms with van der Waals surface area (Å²) in [6, 6.07) is 1.19. The molecule has 0 spiro atoms. The lowest BCUT2D eigenvalue weighted by atomic mass is 10.2. The summed E-state index contributed by atoms with van der Waals surface area (Å²) in [6.45, 7) is 1.78. The van der Waals surface area contributed by atoms with Crippen LogP contribution < -0.4 is 27.0 Å². The van der Waals surface area contributed by atoms with Crippen LogP contribution in [0.1, 0.15) is 13.3 Å². The van der Waals surface area contributed by atoms with Crippen LogP contribution in [0.5, 0.6) is 5.75 Å². The smallest absolute Gasteiger partial charge is 0.243 e. The molecule has 1 aromatic heterocycles. The normalized spacial score (nSPS) is 11.0. The fraction of sp³-hybridized carbons (Fsp3) is 0.333. The monoisotopic (exact) mass is 456 g/mol. The van der Waals surface area contributed by atoms with E-state index in [2.05, 4.69) is 10.0 Å². The number of aromatic nitrogens is 2. The molecule has 1 amide bonds. The zero-order chi connectivity index (χ0) is 19.5. The maximum Gasteiger partial charge on any atom is 0.243 e. The van der Waals surface area contributed by atoms with Crippen molar-refractivity contribution in [3.8, 4) is 5.75 Å². The topological polar surface area (TPSA) is 104 Å². The van der Waals surface area contributed by atoms with Crippen molar-refractivity contribution < 1.29 is 35.3 Å². The van der Waals surface area contributed by atoms with Crippen LogP contribution in [0.3, 0.4) is 0 Å². The minimum atomic E-state index is -3.72. The van der Waals surface area contributed by atoms with Crippen molar-refractivity contribution in [1.82, 2.24) is 4.57 Å². The number of sulfonamides is 1. The first-order chi connectivity index (χ1) is 12.1. The molecule has 1 heterocycles. The Kier molecular flexibility index (Phi) is 8.22. The number of aryl methyl sites for hydroxylation is 2. The average molecular weight is 458 g/mol. The largest absolute Gasteiger partial charge is 1.00 e. The number of benzene rings is 1. The van der Waals surface area contributed by atoms with Crippen molar-refractivity contribution in [2.75, 3.05) is 15.8 Å². The summed E-state index contributed by atoms with van der Waals surface area (Å²) in [5.74, 6) is -1.10. The third-order valence-electron chi connectivity index (χ3n) is 3.41. The number of halogens is 3. The average Bonchev–Trinajstić information content (AvgIpc) is 2.94. The summed E-state index contributed by atoms with van der Waals surface area (Å²) in [6.07, 6.45) is 5.90. The second-order valence-electron chi connectivity index (χ2n) is 5.72. The number of carbonyl (C=O) groups is 1. The van der Waals surface area contributed by atoms with Gasteiger partial charge < -0.3 is 22.8 Å². The quantitative estimate of drug-likeness (QED) is 0.371. The van der Waals surface area contributed by atoms with Crippen LogP contribution in [0.4, 0.5) is 11.4 Å². The molecule has 0 atom stereocenters. The van der Waals surface area contributed by atoms with Gasteiger partial charge in [-0.3, -0.25) is 9.52 Å². The lowest BCUT2D eigenvalue weighted by molar-refractivity contribution is -0.671. The molecule has 8 nitrogen and oxygen atoms in total. The zero-order valence-electron chi connectivity index (χ0n) is 14.5. The number of rotatable bonds is 7. The van der Waals surface area contributed by atoms with Crippen molar-refractivity contribution in [3.05, 3.63) is 34.8 Å². The summed E-state index contributed by atoms with van der Waals surface area (Å²) in [7, 11) is -1.85. The highest BCUT2D eigenvalue weighted by molar-refractivity contribution is 7.92. The number of nitrogens with zero attached hydrogens (tertiary/aromatic N) is 2. The van der Waals surface area contributed by atoms with E-state index in [1.54, 1.807) is 0 Å². The highest BCUT2D eigenvalue weighted by Crippen LogP contribution is 2.43. The number of hydrogen-bond acceptors (Lipinski definition) is 4.